The van der Waals surface area contributed by atoms with E-state index in [0.717, 1.165) is 18.6 Å². The van der Waals surface area contributed by atoms with Crippen molar-refractivity contribution in [3.05, 3.63) is 22.1 Å². The molecular formula is C13H17N3O3S. The van der Waals surface area contributed by atoms with E-state index >= 15 is 0 Å². The first-order valence-corrected chi connectivity index (χ1v) is 7.82. The highest BCUT2D eigenvalue weighted by Gasteiger charge is 2.27. The molecule has 2 aliphatic rings. The molecule has 7 heteroatoms. The summed E-state index contributed by atoms with van der Waals surface area (Å²) < 4.78 is 1.58. The van der Waals surface area contributed by atoms with Gasteiger partial charge in [0.15, 0.2) is 5.16 Å². The molecule has 0 aliphatic carbocycles. The van der Waals surface area contributed by atoms with Crippen LogP contribution < -0.4 is 5.56 Å². The van der Waals surface area contributed by atoms with Crippen molar-refractivity contribution < 1.29 is 9.90 Å². The number of piperidine rings is 1. The first kappa shape index (κ1) is 13.6. The second-order valence-corrected chi connectivity index (χ2v) is 6.24. The number of likely N-dealkylation sites (tertiary alicyclic amines) is 1. The zero-order valence-corrected chi connectivity index (χ0v) is 11.9. The number of aliphatic hydroxyl groups is 1. The minimum absolute atomic E-state index is 0.165. The molecule has 3 rings (SSSR count). The molecule has 0 unspecified atom stereocenters. The normalized spacial score (nSPS) is 19.1. The lowest BCUT2D eigenvalue weighted by molar-refractivity contribution is 0.0647. The average molecular weight is 295 g/mol. The Morgan fingerprint density at radius 2 is 2.15 bits per heavy atom. The van der Waals surface area contributed by atoms with Crippen molar-refractivity contribution in [2.75, 3.05) is 25.4 Å². The Balaban J connectivity index is 1.80. The largest absolute Gasteiger partial charge is 0.396 e. The van der Waals surface area contributed by atoms with Gasteiger partial charge < -0.3 is 10.0 Å². The van der Waals surface area contributed by atoms with Crippen molar-refractivity contribution in [1.29, 1.82) is 0 Å². The molecule has 0 atom stereocenters. The summed E-state index contributed by atoms with van der Waals surface area (Å²) in [7, 11) is 0. The van der Waals surface area contributed by atoms with Crippen LogP contribution in [0.5, 0.6) is 0 Å². The van der Waals surface area contributed by atoms with Gasteiger partial charge in [0.05, 0.1) is 0 Å². The molecule has 1 aromatic rings. The Morgan fingerprint density at radius 3 is 2.85 bits per heavy atom. The molecule has 2 aliphatic heterocycles. The summed E-state index contributed by atoms with van der Waals surface area (Å²) in [6, 6.07) is 0. The number of carbonyl (C=O) groups is 1. The summed E-state index contributed by atoms with van der Waals surface area (Å²) in [6.45, 7) is 1.99. The van der Waals surface area contributed by atoms with Crippen molar-refractivity contribution in [3.8, 4) is 0 Å². The van der Waals surface area contributed by atoms with Crippen LogP contribution in [-0.2, 0) is 6.54 Å². The molecule has 1 fully saturated rings. The molecule has 0 radical (unpaired) electrons. The van der Waals surface area contributed by atoms with Gasteiger partial charge >= 0.3 is 0 Å². The van der Waals surface area contributed by atoms with Crippen LogP contribution in [0.15, 0.2) is 16.1 Å². The molecule has 108 valence electrons. The van der Waals surface area contributed by atoms with E-state index in [2.05, 4.69) is 4.98 Å². The highest BCUT2D eigenvalue weighted by atomic mass is 32.2. The number of thioether (sulfide) groups is 1. The standard InChI is InChI=1S/C13H17N3O3S/c17-8-9-1-3-15(4-2-9)11(18)10-7-14-13-16(12(10)19)5-6-20-13/h7,9,17H,1-6,8H2. The van der Waals surface area contributed by atoms with Gasteiger partial charge in [0.2, 0.25) is 0 Å². The highest BCUT2D eigenvalue weighted by Crippen LogP contribution is 2.21. The van der Waals surface area contributed by atoms with Crippen molar-refractivity contribution in [2.45, 2.75) is 24.5 Å². The predicted molar refractivity (Wildman–Crippen MR) is 74.9 cm³/mol. The third-order valence-electron chi connectivity index (χ3n) is 3.95. The summed E-state index contributed by atoms with van der Waals surface area (Å²) >= 11 is 1.54. The predicted octanol–water partition coefficient (Wildman–Crippen LogP) is 0.193. The van der Waals surface area contributed by atoms with E-state index in [4.69, 9.17) is 5.11 Å². The number of rotatable bonds is 2. The van der Waals surface area contributed by atoms with E-state index in [1.54, 1.807) is 21.2 Å². The summed E-state index contributed by atoms with van der Waals surface area (Å²) in [6.07, 6.45) is 2.99. The maximum absolute atomic E-state index is 12.4. The van der Waals surface area contributed by atoms with Crippen LogP contribution in [0, 0.1) is 5.92 Å². The van der Waals surface area contributed by atoms with Gasteiger partial charge in [-0.1, -0.05) is 11.8 Å². The third kappa shape index (κ3) is 2.35. The zero-order valence-electron chi connectivity index (χ0n) is 11.1. The van der Waals surface area contributed by atoms with E-state index in [1.807, 2.05) is 0 Å². The van der Waals surface area contributed by atoms with E-state index < -0.39 is 0 Å². The van der Waals surface area contributed by atoms with Crippen LogP contribution in [-0.4, -0.2) is 50.9 Å². The molecule has 1 amide bonds. The van der Waals surface area contributed by atoms with Crippen molar-refractivity contribution in [2.24, 2.45) is 5.92 Å². The summed E-state index contributed by atoms with van der Waals surface area (Å²) in [4.78, 5) is 30.6. The van der Waals surface area contributed by atoms with Crippen LogP contribution in [0.4, 0.5) is 0 Å². The van der Waals surface area contributed by atoms with Crippen LogP contribution in [0.25, 0.3) is 0 Å². The Morgan fingerprint density at radius 1 is 1.40 bits per heavy atom. The van der Waals surface area contributed by atoms with Gasteiger partial charge in [0.1, 0.15) is 5.56 Å². The molecule has 0 aromatic carbocycles. The van der Waals surface area contributed by atoms with Gasteiger partial charge in [-0.3, -0.25) is 14.2 Å². The molecule has 3 heterocycles. The molecule has 0 spiro atoms. The number of fused-ring (bicyclic) bond motifs is 1. The first-order chi connectivity index (χ1) is 9.70. The minimum Gasteiger partial charge on any atom is -0.396 e. The quantitative estimate of drug-likeness (QED) is 0.789. The monoisotopic (exact) mass is 295 g/mol. The van der Waals surface area contributed by atoms with Gasteiger partial charge in [-0.05, 0) is 18.8 Å². The molecule has 0 bridgehead atoms. The maximum atomic E-state index is 12.4. The van der Waals surface area contributed by atoms with Crippen LogP contribution in [0.2, 0.25) is 0 Å². The number of hydrogen-bond donors (Lipinski definition) is 1. The lowest BCUT2D eigenvalue weighted by Crippen LogP contribution is -2.42. The average Bonchev–Trinajstić information content (AvgIpc) is 2.96. The van der Waals surface area contributed by atoms with E-state index in [1.165, 1.54) is 6.20 Å². The topological polar surface area (TPSA) is 75.4 Å². The summed E-state index contributed by atoms with van der Waals surface area (Å²) in [5.74, 6) is 0.877. The van der Waals surface area contributed by atoms with Crippen LogP contribution >= 0.6 is 11.8 Å². The third-order valence-corrected chi connectivity index (χ3v) is 4.92. The molecule has 1 N–H and O–H groups in total. The minimum atomic E-state index is -0.230. The van der Waals surface area contributed by atoms with E-state index in [-0.39, 0.29) is 29.6 Å². The molecule has 1 saturated heterocycles. The second kappa shape index (κ2) is 5.57. The number of hydrogen-bond acceptors (Lipinski definition) is 5. The van der Waals surface area contributed by atoms with Gasteiger partial charge in [-0.25, -0.2) is 4.98 Å². The van der Waals surface area contributed by atoms with E-state index in [0.29, 0.717) is 24.8 Å². The number of aliphatic hydroxyl groups excluding tert-OH is 1. The molecule has 1 aromatic heterocycles. The van der Waals surface area contributed by atoms with Crippen molar-refractivity contribution in [3.63, 3.8) is 0 Å². The molecule has 20 heavy (non-hydrogen) atoms. The lowest BCUT2D eigenvalue weighted by Gasteiger charge is -2.30. The lowest BCUT2D eigenvalue weighted by atomic mass is 9.97. The maximum Gasteiger partial charge on any atom is 0.267 e. The van der Waals surface area contributed by atoms with E-state index in [9.17, 15) is 9.59 Å². The van der Waals surface area contributed by atoms with Gasteiger partial charge in [0.25, 0.3) is 11.5 Å². The highest BCUT2D eigenvalue weighted by molar-refractivity contribution is 7.99. The molecular weight excluding hydrogens is 278 g/mol. The zero-order chi connectivity index (χ0) is 14.1. The molecule has 0 saturated carbocycles. The van der Waals surface area contributed by atoms with Crippen molar-refractivity contribution in [1.82, 2.24) is 14.5 Å². The van der Waals surface area contributed by atoms with Gasteiger partial charge in [0, 0.05) is 38.2 Å². The Kier molecular flexibility index (Phi) is 3.80. The van der Waals surface area contributed by atoms with Gasteiger partial charge in [-0.2, -0.15) is 0 Å². The number of aromatic nitrogens is 2. The summed E-state index contributed by atoms with van der Waals surface area (Å²) in [5.41, 5.74) is -0.0621. The summed E-state index contributed by atoms with van der Waals surface area (Å²) in [5, 5.41) is 9.81. The SMILES string of the molecule is O=C(c1cnc2n(c1=O)CCS2)N1CCC(CO)CC1. The Hall–Kier alpha value is -1.34. The number of nitrogens with zero attached hydrogens (tertiary/aromatic N) is 3. The Bertz CT molecular complexity index is 579. The second-order valence-electron chi connectivity index (χ2n) is 5.18. The van der Waals surface area contributed by atoms with Crippen molar-refractivity contribution >= 4 is 17.7 Å². The number of carbonyl (C=O) groups excluding carboxylic acids is 1. The first-order valence-electron chi connectivity index (χ1n) is 6.83. The fraction of sp³-hybridized carbons (Fsp3) is 0.615. The fourth-order valence-electron chi connectivity index (χ4n) is 2.65. The number of amides is 1. The van der Waals surface area contributed by atoms with Crippen LogP contribution in [0.3, 0.4) is 0 Å². The van der Waals surface area contributed by atoms with Crippen LogP contribution in [0.1, 0.15) is 23.2 Å². The van der Waals surface area contributed by atoms with Gasteiger partial charge in [-0.15, -0.1) is 0 Å². The Labute approximate surface area is 120 Å². The fourth-order valence-corrected chi connectivity index (χ4v) is 3.57. The smallest absolute Gasteiger partial charge is 0.267 e. The molecule has 6 nitrogen and oxygen atoms in total.